The number of aromatic nitrogens is 1. The van der Waals surface area contributed by atoms with Crippen LogP contribution in [0.5, 0.6) is 23.0 Å². The van der Waals surface area contributed by atoms with Crippen LogP contribution in [0.4, 0.5) is 5.13 Å². The number of hydrogen-bond acceptors (Lipinski definition) is 11. The molecule has 0 amide bonds. The van der Waals surface area contributed by atoms with Crippen LogP contribution in [0.3, 0.4) is 0 Å². The Balaban J connectivity index is 1.19. The summed E-state index contributed by atoms with van der Waals surface area (Å²) in [6, 6.07) is 46.9. The number of rotatable bonds is 20. The minimum atomic E-state index is -0.857. The highest BCUT2D eigenvalue weighted by Crippen LogP contribution is 2.45. The SMILES string of the molecule is C=CCOC(=O)C(=NOCc1cc(Cl)c(OCc2ccc(OC)cc2)c(OCc2ccc(OC)cc2)c1Cl)c1csc(NC(c2ccccc2)(c2ccccc2)c2ccccc2)n1. The molecule has 0 aliphatic rings. The lowest BCUT2D eigenvalue weighted by molar-refractivity contribution is -0.134. The highest BCUT2D eigenvalue weighted by Gasteiger charge is 2.37. The number of oxime groups is 1. The van der Waals surface area contributed by atoms with Gasteiger partial charge in [0.25, 0.3) is 0 Å². The third-order valence-electron chi connectivity index (χ3n) is 9.85. The molecule has 7 aromatic rings. The van der Waals surface area contributed by atoms with Gasteiger partial charge in [0, 0.05) is 10.9 Å². The molecule has 0 atom stereocenters. The Morgan fingerprint density at radius 3 is 1.73 bits per heavy atom. The van der Waals surface area contributed by atoms with E-state index in [1.165, 1.54) is 17.4 Å². The van der Waals surface area contributed by atoms with E-state index in [9.17, 15) is 4.79 Å². The van der Waals surface area contributed by atoms with Gasteiger partial charge in [0.1, 0.15) is 49.2 Å². The molecule has 0 fully saturated rings. The summed E-state index contributed by atoms with van der Waals surface area (Å²) in [5.41, 5.74) is 4.31. The van der Waals surface area contributed by atoms with Crippen molar-refractivity contribution in [3.8, 4) is 23.0 Å². The minimum Gasteiger partial charge on any atom is -0.497 e. The fraction of sp³-hybridized carbons (Fsp3) is 0.140. The van der Waals surface area contributed by atoms with Gasteiger partial charge < -0.3 is 33.8 Å². The number of hydrogen-bond donors (Lipinski definition) is 1. The van der Waals surface area contributed by atoms with Gasteiger partial charge in [0.2, 0.25) is 5.71 Å². The zero-order valence-electron chi connectivity index (χ0n) is 34.5. The third-order valence-corrected chi connectivity index (χ3v) is 11.3. The highest BCUT2D eigenvalue weighted by molar-refractivity contribution is 7.14. The number of carbonyl (C=O) groups excluding carboxylic acids is 1. The monoisotopic (exact) mass is 899 g/mol. The fourth-order valence-corrected chi connectivity index (χ4v) is 7.97. The summed E-state index contributed by atoms with van der Waals surface area (Å²) in [4.78, 5) is 24.3. The van der Waals surface area contributed by atoms with E-state index in [0.29, 0.717) is 16.4 Å². The lowest BCUT2D eigenvalue weighted by atomic mass is 9.77. The topological polar surface area (TPSA) is 110 Å². The number of methoxy groups -OCH3 is 2. The number of thiazole rings is 1. The maximum Gasteiger partial charge on any atom is 0.363 e. The number of nitrogens with zero attached hydrogens (tertiary/aromatic N) is 2. The summed E-state index contributed by atoms with van der Waals surface area (Å²) in [6.07, 6.45) is 1.46. The quantitative estimate of drug-likeness (QED) is 0.0263. The molecule has 0 aliphatic carbocycles. The summed E-state index contributed by atoms with van der Waals surface area (Å²) in [7, 11) is 3.21. The molecule has 0 unspecified atom stereocenters. The van der Waals surface area contributed by atoms with Gasteiger partial charge in [0.05, 0.1) is 24.3 Å². The number of esters is 1. The summed E-state index contributed by atoms with van der Waals surface area (Å²) < 4.78 is 28.6. The second-order valence-corrected chi connectivity index (χ2v) is 15.5. The smallest absolute Gasteiger partial charge is 0.363 e. The van der Waals surface area contributed by atoms with Crippen LogP contribution in [0.15, 0.2) is 169 Å². The first-order valence-corrected chi connectivity index (χ1v) is 21.4. The first-order valence-electron chi connectivity index (χ1n) is 19.7. The van der Waals surface area contributed by atoms with Gasteiger partial charge in [-0.1, -0.05) is 156 Å². The number of carbonyl (C=O) groups is 1. The van der Waals surface area contributed by atoms with E-state index in [1.54, 1.807) is 25.7 Å². The number of benzene rings is 6. The van der Waals surface area contributed by atoms with E-state index < -0.39 is 11.5 Å². The van der Waals surface area contributed by atoms with Gasteiger partial charge in [-0.25, -0.2) is 9.78 Å². The van der Waals surface area contributed by atoms with Crippen LogP contribution in [0.2, 0.25) is 10.0 Å². The Kier molecular flexibility index (Phi) is 15.0. The molecule has 0 spiro atoms. The molecule has 63 heavy (non-hydrogen) atoms. The molecule has 0 radical (unpaired) electrons. The first-order chi connectivity index (χ1) is 30.8. The second-order valence-electron chi connectivity index (χ2n) is 13.9. The Hall–Kier alpha value is -6.79. The Labute approximate surface area is 380 Å². The van der Waals surface area contributed by atoms with Gasteiger partial charge in [-0.05, 0) is 58.1 Å². The molecule has 10 nitrogen and oxygen atoms in total. The van der Waals surface area contributed by atoms with E-state index in [0.717, 1.165) is 33.6 Å². The summed E-state index contributed by atoms with van der Waals surface area (Å²) in [6.45, 7) is 3.73. The van der Waals surface area contributed by atoms with E-state index in [1.807, 2.05) is 103 Å². The van der Waals surface area contributed by atoms with Crippen molar-refractivity contribution in [3.63, 3.8) is 0 Å². The number of halogens is 2. The average molecular weight is 901 g/mol. The van der Waals surface area contributed by atoms with Gasteiger partial charge >= 0.3 is 5.97 Å². The largest absolute Gasteiger partial charge is 0.497 e. The molecule has 1 heterocycles. The maximum absolute atomic E-state index is 13.6. The average Bonchev–Trinajstić information content (AvgIpc) is 3.80. The molecule has 0 aliphatic heterocycles. The summed E-state index contributed by atoms with van der Waals surface area (Å²) >= 11 is 15.2. The zero-order chi connectivity index (χ0) is 44.0. The molecule has 1 N–H and O–H groups in total. The van der Waals surface area contributed by atoms with Crippen molar-refractivity contribution in [3.05, 3.63) is 213 Å². The molecular formula is C50H43Cl2N3O7S. The lowest BCUT2D eigenvalue weighted by Gasteiger charge is -2.36. The van der Waals surface area contributed by atoms with Crippen molar-refractivity contribution >= 4 is 51.4 Å². The fourth-order valence-electron chi connectivity index (χ4n) is 6.70. The second kappa shape index (κ2) is 21.3. The van der Waals surface area contributed by atoms with Gasteiger partial charge in [-0.15, -0.1) is 11.3 Å². The van der Waals surface area contributed by atoms with Crippen LogP contribution in [0.25, 0.3) is 0 Å². The predicted octanol–water partition coefficient (Wildman–Crippen LogP) is 11.7. The normalized spacial score (nSPS) is 11.3. The summed E-state index contributed by atoms with van der Waals surface area (Å²) in [5, 5.41) is 10.7. The molecule has 6 aromatic carbocycles. The molecular weight excluding hydrogens is 858 g/mol. The van der Waals surface area contributed by atoms with Crippen LogP contribution in [0, 0.1) is 0 Å². The molecule has 7 rings (SSSR count). The lowest BCUT2D eigenvalue weighted by Crippen LogP contribution is -2.38. The van der Waals surface area contributed by atoms with Gasteiger partial charge in [-0.2, -0.15) is 0 Å². The third kappa shape index (κ3) is 10.6. The van der Waals surface area contributed by atoms with Crippen molar-refractivity contribution in [1.82, 2.24) is 4.98 Å². The van der Waals surface area contributed by atoms with Crippen molar-refractivity contribution < 1.29 is 33.3 Å². The van der Waals surface area contributed by atoms with Crippen molar-refractivity contribution in [2.75, 3.05) is 26.1 Å². The molecule has 0 saturated carbocycles. The van der Waals surface area contributed by atoms with Crippen molar-refractivity contribution in [2.45, 2.75) is 25.4 Å². The maximum atomic E-state index is 13.6. The minimum absolute atomic E-state index is 0.0550. The highest BCUT2D eigenvalue weighted by atomic mass is 35.5. The van der Waals surface area contributed by atoms with E-state index >= 15 is 0 Å². The standard InChI is InChI=1S/C50H43Cl2N3O7S/c1-4-28-59-48(56)45(43-33-63-49(53-43)54-50(37-14-8-5-9-15-37,38-16-10-6-11-17-38)39-18-12-7-13-19-39)55-62-32-36-29-42(51)46(60-30-34-20-24-40(57-2)25-21-34)47(44(36)52)61-31-35-22-26-41(58-3)27-23-35/h4-27,29,33H,1,28,30-32H2,2-3H3,(H,53,54). The van der Waals surface area contributed by atoms with E-state index in [2.05, 4.69) is 53.4 Å². The van der Waals surface area contributed by atoms with Crippen LogP contribution in [-0.2, 0) is 39.7 Å². The number of anilines is 1. The Morgan fingerprint density at radius 1 is 0.730 bits per heavy atom. The molecule has 0 bridgehead atoms. The van der Waals surface area contributed by atoms with Crippen LogP contribution >= 0.6 is 34.5 Å². The molecule has 1 aromatic heterocycles. The Morgan fingerprint density at radius 2 is 1.24 bits per heavy atom. The molecule has 13 heteroatoms. The van der Waals surface area contributed by atoms with Crippen LogP contribution in [-0.4, -0.2) is 37.5 Å². The van der Waals surface area contributed by atoms with Crippen molar-refractivity contribution in [1.29, 1.82) is 0 Å². The first kappa shape index (κ1) is 44.3. The van der Waals surface area contributed by atoms with E-state index in [-0.39, 0.29) is 59.4 Å². The van der Waals surface area contributed by atoms with Gasteiger partial charge in [0.15, 0.2) is 16.6 Å². The number of ether oxygens (including phenoxy) is 5. The number of nitrogens with one attached hydrogen (secondary N) is 1. The predicted molar refractivity (Wildman–Crippen MR) is 249 cm³/mol. The molecule has 0 saturated heterocycles. The Bertz CT molecular complexity index is 2530. The van der Waals surface area contributed by atoms with Gasteiger partial charge in [-0.3, -0.25) is 0 Å². The molecule has 320 valence electrons. The zero-order valence-corrected chi connectivity index (χ0v) is 36.8. The van der Waals surface area contributed by atoms with Crippen LogP contribution < -0.4 is 24.3 Å². The summed E-state index contributed by atoms with van der Waals surface area (Å²) in [5.74, 6) is 1.11. The van der Waals surface area contributed by atoms with Crippen LogP contribution in [0.1, 0.15) is 39.1 Å². The van der Waals surface area contributed by atoms with Crippen molar-refractivity contribution in [2.24, 2.45) is 5.16 Å². The van der Waals surface area contributed by atoms with E-state index in [4.69, 9.17) is 56.7 Å².